The van der Waals surface area contributed by atoms with Crippen molar-refractivity contribution in [3.8, 4) is 0 Å². The van der Waals surface area contributed by atoms with Gasteiger partial charge in [-0.2, -0.15) is 13.2 Å². The Labute approximate surface area is 169 Å². The first kappa shape index (κ1) is 20.9. The highest BCUT2D eigenvalue weighted by atomic mass is 32.2. The number of hydrogen-bond donors (Lipinski definition) is 1. The summed E-state index contributed by atoms with van der Waals surface area (Å²) >= 11 is 0. The maximum Gasteiger partial charge on any atom is 0.501 e. The number of hydrogen-bond acceptors (Lipinski definition) is 3. The fourth-order valence-corrected chi connectivity index (χ4v) is 8.02. The summed E-state index contributed by atoms with van der Waals surface area (Å²) in [6, 6.07) is 0. The Morgan fingerprint density at radius 3 is 2.45 bits per heavy atom. The average Bonchev–Trinajstić information content (AvgIpc) is 2.97. The minimum Gasteiger partial charge on any atom is -0.481 e. The summed E-state index contributed by atoms with van der Waals surface area (Å²) in [7, 11) is -5.29. The Morgan fingerprint density at radius 2 is 1.83 bits per heavy atom. The molecule has 1 unspecified atom stereocenters. The zero-order valence-electron chi connectivity index (χ0n) is 16.6. The Hall–Kier alpha value is -1.31. The lowest BCUT2D eigenvalue weighted by Gasteiger charge is -2.56. The van der Waals surface area contributed by atoms with Crippen LogP contribution in [-0.2, 0) is 14.6 Å². The van der Waals surface area contributed by atoms with Crippen LogP contribution in [0.1, 0.15) is 58.8 Å². The van der Waals surface area contributed by atoms with Gasteiger partial charge in [0.15, 0.2) is 0 Å². The molecule has 29 heavy (non-hydrogen) atoms. The largest absolute Gasteiger partial charge is 0.501 e. The van der Waals surface area contributed by atoms with Gasteiger partial charge in [-0.15, -0.1) is 0 Å². The van der Waals surface area contributed by atoms with Crippen LogP contribution in [0.3, 0.4) is 0 Å². The van der Waals surface area contributed by atoms with Gasteiger partial charge in [-0.25, -0.2) is 8.42 Å². The molecular weight excluding hydrogens is 405 g/mol. The van der Waals surface area contributed by atoms with Gasteiger partial charge in [0.1, 0.15) is 0 Å². The normalized spacial score (nSPS) is 42.2. The minimum absolute atomic E-state index is 0.0986. The monoisotopic (exact) mass is 432 g/mol. The third-order valence-corrected chi connectivity index (χ3v) is 10.3. The summed E-state index contributed by atoms with van der Waals surface area (Å²) < 4.78 is 62.8. The topological polar surface area (TPSA) is 71.4 Å². The maximum absolute atomic E-state index is 13.0. The highest BCUT2D eigenvalue weighted by Crippen LogP contribution is 2.66. The molecule has 0 saturated heterocycles. The van der Waals surface area contributed by atoms with Gasteiger partial charge >= 0.3 is 11.5 Å². The van der Waals surface area contributed by atoms with Gasteiger partial charge < -0.3 is 5.11 Å². The summed E-state index contributed by atoms with van der Waals surface area (Å²) in [5, 5.41) is 9.65. The number of allylic oxidation sites excluding steroid dienone is 4. The predicted molar refractivity (Wildman–Crippen MR) is 101 cm³/mol. The van der Waals surface area contributed by atoms with Crippen molar-refractivity contribution in [2.45, 2.75) is 64.3 Å². The Morgan fingerprint density at radius 1 is 1.14 bits per heavy atom. The van der Waals surface area contributed by atoms with Gasteiger partial charge in [-0.05, 0) is 85.2 Å². The van der Waals surface area contributed by atoms with Crippen LogP contribution in [0.15, 0.2) is 22.6 Å². The van der Waals surface area contributed by atoms with Crippen LogP contribution in [0, 0.1) is 34.5 Å². The maximum atomic E-state index is 13.0. The summed E-state index contributed by atoms with van der Waals surface area (Å²) in [6.07, 6.45) is 7.35. The molecule has 0 spiro atoms. The van der Waals surface area contributed by atoms with E-state index >= 15 is 0 Å². The van der Waals surface area contributed by atoms with Crippen LogP contribution in [-0.4, -0.2) is 25.0 Å². The molecule has 0 heterocycles. The molecule has 2 saturated carbocycles. The molecule has 0 radical (unpaired) electrons. The number of carbonyl (C=O) groups is 1. The van der Waals surface area contributed by atoms with E-state index in [1.807, 2.05) is 6.08 Å². The van der Waals surface area contributed by atoms with Crippen molar-refractivity contribution in [1.82, 2.24) is 0 Å². The van der Waals surface area contributed by atoms with Crippen molar-refractivity contribution < 1.29 is 31.5 Å². The van der Waals surface area contributed by atoms with E-state index in [0.29, 0.717) is 36.7 Å². The van der Waals surface area contributed by atoms with Crippen LogP contribution >= 0.6 is 0 Å². The molecule has 4 aliphatic rings. The summed E-state index contributed by atoms with van der Waals surface area (Å²) in [5.41, 5.74) is -5.14. The molecule has 162 valence electrons. The van der Waals surface area contributed by atoms with Crippen molar-refractivity contribution in [2.24, 2.45) is 34.5 Å². The molecule has 0 aromatic rings. The number of halogens is 3. The van der Waals surface area contributed by atoms with E-state index in [1.165, 1.54) is 6.08 Å². The lowest BCUT2D eigenvalue weighted by Crippen LogP contribution is -2.50. The number of carboxylic acids is 1. The number of sulfone groups is 1. The van der Waals surface area contributed by atoms with Crippen LogP contribution in [0.2, 0.25) is 0 Å². The number of carboxylic acid groups (broad SMARTS) is 1. The van der Waals surface area contributed by atoms with E-state index in [4.69, 9.17) is 0 Å². The van der Waals surface area contributed by atoms with E-state index in [1.54, 1.807) is 0 Å². The van der Waals surface area contributed by atoms with Gasteiger partial charge in [0.05, 0.1) is 10.8 Å². The first-order valence-corrected chi connectivity index (χ1v) is 11.8. The molecule has 0 aromatic carbocycles. The Balaban J connectivity index is 1.68. The summed E-state index contributed by atoms with van der Waals surface area (Å²) in [5.74, 6) is -0.211. The van der Waals surface area contributed by atoms with Gasteiger partial charge in [0.25, 0.3) is 9.84 Å². The smallest absolute Gasteiger partial charge is 0.481 e. The number of rotatable bonds is 2. The summed E-state index contributed by atoms with van der Waals surface area (Å²) in [6.45, 7) is 4.14. The highest BCUT2D eigenvalue weighted by Gasteiger charge is 2.60. The molecular formula is C21H27F3O4S. The lowest BCUT2D eigenvalue weighted by molar-refractivity contribution is -0.148. The van der Waals surface area contributed by atoms with Gasteiger partial charge in [-0.1, -0.05) is 19.9 Å². The number of fused-ring (bicyclic) bond motifs is 5. The zero-order valence-corrected chi connectivity index (χ0v) is 17.4. The second-order valence-corrected chi connectivity index (χ2v) is 11.8. The predicted octanol–water partition coefficient (Wildman–Crippen LogP) is 5.08. The van der Waals surface area contributed by atoms with E-state index < -0.39 is 26.2 Å². The van der Waals surface area contributed by atoms with Gasteiger partial charge in [0.2, 0.25) is 0 Å². The third-order valence-electron chi connectivity index (χ3n) is 8.68. The average molecular weight is 433 g/mol. The molecule has 4 rings (SSSR count). The SMILES string of the molecule is C[C@]12CCC(S(=O)(=O)C(F)(F)F)=CC1=CC[C@@H]1[C@H]2CC[C@]2(C)C(C(=O)O)CC[C@@H]12. The van der Waals surface area contributed by atoms with Gasteiger partial charge in [0, 0.05) is 0 Å². The minimum atomic E-state index is -5.29. The quantitative estimate of drug-likeness (QED) is 0.661. The third kappa shape index (κ3) is 2.84. The van der Waals surface area contributed by atoms with Crippen molar-refractivity contribution in [3.63, 3.8) is 0 Å². The van der Waals surface area contributed by atoms with Crippen LogP contribution in [0.25, 0.3) is 0 Å². The van der Waals surface area contributed by atoms with Crippen LogP contribution in [0.5, 0.6) is 0 Å². The number of alkyl halides is 3. The highest BCUT2D eigenvalue weighted by molar-refractivity contribution is 7.96. The fraction of sp³-hybridized carbons (Fsp3) is 0.762. The zero-order chi connectivity index (χ0) is 21.4. The molecule has 0 aromatic heterocycles. The standard InChI is InChI=1S/C21H27F3O4S/c1-19-9-7-13(29(27,28)21(22,23)24)11-12(19)3-4-14-15-5-6-17(18(25)26)20(15,2)10-8-16(14)19/h3,11,14-17H,4-10H2,1-2H3,(H,25,26)/t14-,15-,16+,17?,19-,20-/m0/s1. The van der Waals surface area contributed by atoms with Crippen LogP contribution < -0.4 is 0 Å². The summed E-state index contributed by atoms with van der Waals surface area (Å²) in [4.78, 5) is 11.2. The van der Waals surface area contributed by atoms with Gasteiger partial charge in [-0.3, -0.25) is 4.79 Å². The number of aliphatic carboxylic acids is 1. The molecule has 8 heteroatoms. The molecule has 0 aliphatic heterocycles. The second kappa shape index (κ2) is 6.34. The van der Waals surface area contributed by atoms with Crippen molar-refractivity contribution in [2.75, 3.05) is 0 Å². The molecule has 4 nitrogen and oxygen atoms in total. The first-order valence-electron chi connectivity index (χ1n) is 10.3. The molecule has 1 N–H and O–H groups in total. The van der Waals surface area contributed by atoms with E-state index in [2.05, 4.69) is 13.8 Å². The Bertz CT molecular complexity index is 903. The fourth-order valence-electron chi connectivity index (χ4n) is 7.07. The van der Waals surface area contributed by atoms with Crippen molar-refractivity contribution in [1.29, 1.82) is 0 Å². The van der Waals surface area contributed by atoms with Crippen molar-refractivity contribution in [3.05, 3.63) is 22.6 Å². The first-order chi connectivity index (χ1) is 13.3. The molecule has 2 fully saturated rings. The van der Waals surface area contributed by atoms with Crippen molar-refractivity contribution >= 4 is 15.8 Å². The lowest BCUT2D eigenvalue weighted by atomic mass is 9.48. The molecule has 0 bridgehead atoms. The van der Waals surface area contributed by atoms with E-state index in [0.717, 1.165) is 19.3 Å². The van der Waals surface area contributed by atoms with E-state index in [9.17, 15) is 31.5 Å². The molecule has 6 atom stereocenters. The molecule has 0 amide bonds. The van der Waals surface area contributed by atoms with E-state index in [-0.39, 0.29) is 29.1 Å². The Kier molecular flexibility index (Phi) is 4.58. The van der Waals surface area contributed by atoms with Crippen LogP contribution in [0.4, 0.5) is 13.2 Å². The second-order valence-electron chi connectivity index (χ2n) is 9.76. The molecule has 4 aliphatic carbocycles.